The van der Waals surface area contributed by atoms with Crippen LogP contribution in [0.2, 0.25) is 5.02 Å². The van der Waals surface area contributed by atoms with E-state index < -0.39 is 17.8 Å². The Morgan fingerprint density at radius 1 is 1.33 bits per heavy atom. The van der Waals surface area contributed by atoms with Crippen molar-refractivity contribution < 1.29 is 13.2 Å². The lowest BCUT2D eigenvalue weighted by atomic mass is 10.2. The van der Waals surface area contributed by atoms with Gasteiger partial charge in [-0.05, 0) is 34.7 Å². The van der Waals surface area contributed by atoms with Crippen LogP contribution in [0.1, 0.15) is 12.0 Å². The van der Waals surface area contributed by atoms with Crippen LogP contribution in [0.5, 0.6) is 0 Å². The first-order valence-electron chi connectivity index (χ1n) is 2.95. The van der Waals surface area contributed by atoms with Crippen molar-refractivity contribution in [2.45, 2.75) is 6.43 Å². The molecule has 0 radical (unpaired) electrons. The molecule has 5 heteroatoms. The van der Waals surface area contributed by atoms with Crippen molar-refractivity contribution in [2.75, 3.05) is 0 Å². The molecule has 0 amide bonds. The SMILES string of the molecule is Fc1c(Cl)ccc(I)c1C(F)F. The first-order valence-corrected chi connectivity index (χ1v) is 4.41. The molecule has 0 bridgehead atoms. The third kappa shape index (κ3) is 1.85. The van der Waals surface area contributed by atoms with E-state index in [1.807, 2.05) is 0 Å². The zero-order valence-electron chi connectivity index (χ0n) is 5.62. The first-order chi connectivity index (χ1) is 5.54. The smallest absolute Gasteiger partial charge is 0.205 e. The maximum atomic E-state index is 12.9. The Labute approximate surface area is 85.9 Å². The normalized spacial score (nSPS) is 10.8. The van der Waals surface area contributed by atoms with E-state index in [1.165, 1.54) is 12.1 Å². The second-order valence-corrected chi connectivity index (χ2v) is 3.63. The molecule has 0 unspecified atom stereocenters. The Morgan fingerprint density at radius 3 is 2.33 bits per heavy atom. The third-order valence-corrected chi connectivity index (χ3v) is 2.53. The quantitative estimate of drug-likeness (QED) is 0.543. The molecule has 0 fully saturated rings. The molecule has 0 spiro atoms. The number of hydrogen-bond acceptors (Lipinski definition) is 0. The van der Waals surface area contributed by atoms with Crippen LogP contribution in [0.3, 0.4) is 0 Å². The Bertz CT molecular complexity index is 301. The summed E-state index contributed by atoms with van der Waals surface area (Å²) >= 11 is 6.96. The lowest BCUT2D eigenvalue weighted by molar-refractivity contribution is 0.145. The van der Waals surface area contributed by atoms with E-state index in [1.54, 1.807) is 22.6 Å². The van der Waals surface area contributed by atoms with E-state index in [0.29, 0.717) is 0 Å². The summed E-state index contributed by atoms with van der Waals surface area (Å²) < 4.78 is 37.4. The molecule has 0 aliphatic heterocycles. The largest absolute Gasteiger partial charge is 0.267 e. The summed E-state index contributed by atoms with van der Waals surface area (Å²) in [5.41, 5.74) is -0.622. The van der Waals surface area contributed by atoms with Crippen LogP contribution < -0.4 is 0 Å². The Balaban J connectivity index is 3.33. The molecule has 0 aliphatic carbocycles. The highest BCUT2D eigenvalue weighted by atomic mass is 127. The Hall–Kier alpha value is 0.0300. The molecule has 1 aromatic rings. The predicted molar refractivity (Wildman–Crippen MR) is 49.1 cm³/mol. The van der Waals surface area contributed by atoms with Crippen LogP contribution in [-0.4, -0.2) is 0 Å². The number of hydrogen-bond donors (Lipinski definition) is 0. The fourth-order valence-corrected chi connectivity index (χ4v) is 1.56. The van der Waals surface area contributed by atoms with Gasteiger partial charge in [0, 0.05) is 3.57 Å². The van der Waals surface area contributed by atoms with Gasteiger partial charge in [0.1, 0.15) is 0 Å². The zero-order valence-corrected chi connectivity index (χ0v) is 8.54. The van der Waals surface area contributed by atoms with Gasteiger partial charge < -0.3 is 0 Å². The van der Waals surface area contributed by atoms with Crippen molar-refractivity contribution in [3.05, 3.63) is 32.1 Å². The molecule has 12 heavy (non-hydrogen) atoms. The number of benzene rings is 1. The van der Waals surface area contributed by atoms with Crippen LogP contribution in [0.15, 0.2) is 12.1 Å². The average Bonchev–Trinajstić information content (AvgIpc) is 1.97. The van der Waals surface area contributed by atoms with E-state index >= 15 is 0 Å². The minimum absolute atomic E-state index is 0.185. The number of alkyl halides is 2. The molecule has 0 N–H and O–H groups in total. The highest BCUT2D eigenvalue weighted by Crippen LogP contribution is 2.30. The van der Waals surface area contributed by atoms with Gasteiger partial charge in [-0.2, -0.15) is 0 Å². The summed E-state index contributed by atoms with van der Waals surface area (Å²) in [5, 5.41) is -0.272. The topological polar surface area (TPSA) is 0 Å². The highest BCUT2D eigenvalue weighted by molar-refractivity contribution is 14.1. The van der Waals surface area contributed by atoms with E-state index in [0.717, 1.165) is 0 Å². The Morgan fingerprint density at radius 2 is 1.92 bits per heavy atom. The van der Waals surface area contributed by atoms with Crippen LogP contribution in [0, 0.1) is 9.39 Å². The van der Waals surface area contributed by atoms with Gasteiger partial charge in [-0.25, -0.2) is 13.2 Å². The van der Waals surface area contributed by atoms with Gasteiger partial charge in [0.05, 0.1) is 10.6 Å². The fraction of sp³-hybridized carbons (Fsp3) is 0.143. The van der Waals surface area contributed by atoms with Crippen molar-refractivity contribution in [3.63, 3.8) is 0 Å². The molecule has 0 aliphatic rings. The molecule has 0 aromatic heterocycles. The van der Waals surface area contributed by atoms with Gasteiger partial charge in [0.2, 0.25) is 0 Å². The van der Waals surface area contributed by atoms with Crippen molar-refractivity contribution >= 4 is 34.2 Å². The van der Waals surface area contributed by atoms with Gasteiger partial charge in [-0.15, -0.1) is 0 Å². The van der Waals surface area contributed by atoms with E-state index in [2.05, 4.69) is 0 Å². The number of halogens is 5. The molecule has 1 aromatic carbocycles. The third-order valence-electron chi connectivity index (χ3n) is 1.30. The lowest BCUT2D eigenvalue weighted by Gasteiger charge is -2.05. The molecular weight excluding hydrogens is 303 g/mol. The van der Waals surface area contributed by atoms with Crippen LogP contribution in [0.25, 0.3) is 0 Å². The molecule has 0 heterocycles. The summed E-state index contributed by atoms with van der Waals surface area (Å²) in [5.74, 6) is -1.03. The van der Waals surface area contributed by atoms with Gasteiger partial charge in [0.25, 0.3) is 6.43 Å². The predicted octanol–water partition coefficient (Wildman–Crippen LogP) is 4.02. The van der Waals surface area contributed by atoms with Gasteiger partial charge in [0.15, 0.2) is 5.82 Å². The van der Waals surface area contributed by atoms with Crippen molar-refractivity contribution in [1.82, 2.24) is 0 Å². The Kier molecular flexibility index (Phi) is 3.22. The maximum absolute atomic E-state index is 12.9. The monoisotopic (exact) mass is 306 g/mol. The molecular formula is C7H3ClF3I. The lowest BCUT2D eigenvalue weighted by Crippen LogP contribution is -1.95. The molecule has 1 rings (SSSR count). The summed E-state index contributed by atoms with van der Waals surface area (Å²) in [6.07, 6.45) is -2.82. The van der Waals surface area contributed by atoms with Crippen molar-refractivity contribution in [1.29, 1.82) is 0 Å². The van der Waals surface area contributed by atoms with Gasteiger partial charge in [-0.3, -0.25) is 0 Å². The molecule has 0 saturated heterocycles. The number of rotatable bonds is 1. The molecule has 66 valence electrons. The minimum Gasteiger partial charge on any atom is -0.205 e. The molecule has 0 nitrogen and oxygen atoms in total. The van der Waals surface area contributed by atoms with E-state index in [4.69, 9.17) is 11.6 Å². The van der Waals surface area contributed by atoms with Crippen LogP contribution in [-0.2, 0) is 0 Å². The zero-order chi connectivity index (χ0) is 9.30. The van der Waals surface area contributed by atoms with Crippen LogP contribution >= 0.6 is 34.2 Å². The highest BCUT2D eigenvalue weighted by Gasteiger charge is 2.19. The minimum atomic E-state index is -2.82. The average molecular weight is 306 g/mol. The van der Waals surface area contributed by atoms with E-state index in [-0.39, 0.29) is 8.59 Å². The molecule has 0 atom stereocenters. The van der Waals surface area contributed by atoms with E-state index in [9.17, 15) is 13.2 Å². The second-order valence-electron chi connectivity index (χ2n) is 2.06. The second kappa shape index (κ2) is 3.83. The summed E-state index contributed by atoms with van der Waals surface area (Å²) in [7, 11) is 0. The van der Waals surface area contributed by atoms with Gasteiger partial charge in [-0.1, -0.05) is 11.6 Å². The van der Waals surface area contributed by atoms with Crippen molar-refractivity contribution in [2.24, 2.45) is 0 Å². The molecule has 0 saturated carbocycles. The fourth-order valence-electron chi connectivity index (χ4n) is 0.743. The van der Waals surface area contributed by atoms with Gasteiger partial charge >= 0.3 is 0 Å². The van der Waals surface area contributed by atoms with Crippen LogP contribution in [0.4, 0.5) is 13.2 Å². The standard InChI is InChI=1S/C7H3ClF3I/c8-3-1-2-4(12)5(6(3)9)7(10)11/h1-2,7H. The summed E-state index contributed by atoms with van der Waals surface area (Å²) in [6.45, 7) is 0. The van der Waals surface area contributed by atoms with Crippen molar-refractivity contribution in [3.8, 4) is 0 Å². The maximum Gasteiger partial charge on any atom is 0.267 e. The summed E-state index contributed by atoms with van der Waals surface area (Å²) in [4.78, 5) is 0. The summed E-state index contributed by atoms with van der Waals surface area (Å²) in [6, 6.07) is 2.61. The first kappa shape index (κ1) is 10.1.